The first kappa shape index (κ1) is 14.3. The molecule has 1 unspecified atom stereocenters. The molecule has 19 heavy (non-hydrogen) atoms. The van der Waals surface area contributed by atoms with Crippen LogP contribution in [-0.4, -0.2) is 42.2 Å². The van der Waals surface area contributed by atoms with Gasteiger partial charge in [-0.1, -0.05) is 0 Å². The van der Waals surface area contributed by atoms with Gasteiger partial charge in [0.15, 0.2) is 0 Å². The van der Waals surface area contributed by atoms with Crippen molar-refractivity contribution in [1.29, 1.82) is 0 Å². The van der Waals surface area contributed by atoms with E-state index in [-0.39, 0.29) is 5.60 Å². The van der Waals surface area contributed by atoms with E-state index in [2.05, 4.69) is 41.2 Å². The maximum Gasteiger partial charge on any atom is 0.126 e. The van der Waals surface area contributed by atoms with Crippen LogP contribution in [-0.2, 0) is 11.3 Å². The molecule has 0 aromatic carbocycles. The van der Waals surface area contributed by atoms with Crippen LogP contribution in [0.3, 0.4) is 0 Å². The summed E-state index contributed by atoms with van der Waals surface area (Å²) in [6.45, 7) is 8.32. The summed E-state index contributed by atoms with van der Waals surface area (Å²) in [5.74, 6) is 0.964. The molecule has 0 bridgehead atoms. The number of likely N-dealkylation sites (tertiary alicyclic amines) is 1. The van der Waals surface area contributed by atoms with E-state index < -0.39 is 0 Å². The minimum atomic E-state index is 0.00970. The number of aromatic nitrogens is 1. The number of nitrogens with one attached hydrogen (secondary N) is 1. The van der Waals surface area contributed by atoms with E-state index >= 15 is 0 Å². The first-order valence-electron chi connectivity index (χ1n) is 7.11. The van der Waals surface area contributed by atoms with Crippen molar-refractivity contribution in [3.63, 3.8) is 0 Å². The van der Waals surface area contributed by atoms with Crippen LogP contribution in [0, 0.1) is 0 Å². The number of pyridine rings is 1. The van der Waals surface area contributed by atoms with Crippen molar-refractivity contribution < 1.29 is 4.74 Å². The monoisotopic (exact) mass is 263 g/mol. The molecule has 2 heterocycles. The van der Waals surface area contributed by atoms with Crippen molar-refractivity contribution >= 4 is 5.82 Å². The number of rotatable bonds is 5. The highest BCUT2D eigenvalue weighted by Crippen LogP contribution is 2.25. The van der Waals surface area contributed by atoms with Crippen molar-refractivity contribution in [2.75, 3.05) is 32.1 Å². The summed E-state index contributed by atoms with van der Waals surface area (Å²) in [5.41, 5.74) is 1.32. The molecule has 1 aliphatic heterocycles. The second kappa shape index (κ2) is 6.35. The summed E-state index contributed by atoms with van der Waals surface area (Å²) < 4.78 is 5.64. The van der Waals surface area contributed by atoms with E-state index in [0.717, 1.165) is 38.4 Å². The van der Waals surface area contributed by atoms with Gasteiger partial charge in [-0.25, -0.2) is 4.98 Å². The number of hydrogen-bond acceptors (Lipinski definition) is 4. The van der Waals surface area contributed by atoms with Crippen LogP contribution >= 0.6 is 0 Å². The van der Waals surface area contributed by atoms with E-state index in [0.29, 0.717) is 0 Å². The number of methoxy groups -OCH3 is 1. The normalized spacial score (nSPS) is 24.4. The summed E-state index contributed by atoms with van der Waals surface area (Å²) in [6, 6.07) is 4.24. The minimum absolute atomic E-state index is 0.00970. The lowest BCUT2D eigenvalue weighted by atomic mass is 9.94. The van der Waals surface area contributed by atoms with Crippen LogP contribution in [0.5, 0.6) is 0 Å². The molecule has 0 amide bonds. The predicted octanol–water partition coefficient (Wildman–Crippen LogP) is 2.51. The van der Waals surface area contributed by atoms with Gasteiger partial charge < -0.3 is 10.1 Å². The summed E-state index contributed by atoms with van der Waals surface area (Å²) in [5, 5.41) is 3.26. The average molecular weight is 263 g/mol. The van der Waals surface area contributed by atoms with Crippen LogP contribution in [0.2, 0.25) is 0 Å². The van der Waals surface area contributed by atoms with Gasteiger partial charge in [0.05, 0.1) is 5.60 Å². The molecule has 2 rings (SSSR count). The van der Waals surface area contributed by atoms with E-state index in [1.807, 2.05) is 13.3 Å². The molecular formula is C15H25N3O. The smallest absolute Gasteiger partial charge is 0.126 e. The first-order chi connectivity index (χ1) is 9.15. The number of piperidine rings is 1. The van der Waals surface area contributed by atoms with Crippen molar-refractivity contribution in [2.45, 2.75) is 38.8 Å². The van der Waals surface area contributed by atoms with E-state index in [1.54, 1.807) is 0 Å². The Hall–Kier alpha value is -1.13. The van der Waals surface area contributed by atoms with Crippen LogP contribution in [0.1, 0.15) is 32.3 Å². The Kier molecular flexibility index (Phi) is 4.77. The van der Waals surface area contributed by atoms with Gasteiger partial charge in [0.25, 0.3) is 0 Å². The fourth-order valence-corrected chi connectivity index (χ4v) is 2.72. The lowest BCUT2D eigenvalue weighted by molar-refractivity contribution is -0.0527. The zero-order valence-corrected chi connectivity index (χ0v) is 12.3. The number of ether oxygens (including phenoxy) is 1. The van der Waals surface area contributed by atoms with Crippen LogP contribution in [0.15, 0.2) is 18.3 Å². The average Bonchev–Trinajstić information content (AvgIpc) is 2.40. The second-order valence-electron chi connectivity index (χ2n) is 5.55. The van der Waals surface area contributed by atoms with Crippen molar-refractivity contribution in [1.82, 2.24) is 9.88 Å². The molecule has 1 aromatic heterocycles. The van der Waals surface area contributed by atoms with E-state index in [9.17, 15) is 0 Å². The summed E-state index contributed by atoms with van der Waals surface area (Å²) in [7, 11) is 1.82. The summed E-state index contributed by atoms with van der Waals surface area (Å²) >= 11 is 0. The molecule has 1 aliphatic rings. The maximum atomic E-state index is 5.64. The number of nitrogens with zero attached hydrogens (tertiary/aromatic N) is 2. The van der Waals surface area contributed by atoms with E-state index in [4.69, 9.17) is 4.74 Å². The third kappa shape index (κ3) is 3.91. The molecular weight excluding hydrogens is 238 g/mol. The molecule has 4 heteroatoms. The number of hydrogen-bond donors (Lipinski definition) is 1. The Balaban J connectivity index is 1.98. The first-order valence-corrected chi connectivity index (χ1v) is 7.11. The Bertz CT molecular complexity index is 410. The highest BCUT2D eigenvalue weighted by atomic mass is 16.5. The molecule has 0 saturated carbocycles. The zero-order valence-electron chi connectivity index (χ0n) is 12.3. The quantitative estimate of drug-likeness (QED) is 0.886. The van der Waals surface area contributed by atoms with Crippen molar-refractivity contribution in [3.05, 3.63) is 23.9 Å². The third-order valence-corrected chi connectivity index (χ3v) is 3.82. The van der Waals surface area contributed by atoms with Crippen molar-refractivity contribution in [2.24, 2.45) is 0 Å². The molecule has 1 atom stereocenters. The molecule has 1 saturated heterocycles. The SMILES string of the molecule is CCNc1cc(CN2CCCC(C)(OC)C2)ccn1. The Morgan fingerprint density at radius 1 is 1.53 bits per heavy atom. The molecule has 106 valence electrons. The third-order valence-electron chi connectivity index (χ3n) is 3.82. The lowest BCUT2D eigenvalue weighted by Crippen LogP contribution is -2.46. The topological polar surface area (TPSA) is 37.4 Å². The van der Waals surface area contributed by atoms with Gasteiger partial charge in [0.1, 0.15) is 5.82 Å². The second-order valence-corrected chi connectivity index (χ2v) is 5.55. The van der Waals surface area contributed by atoms with E-state index in [1.165, 1.54) is 12.0 Å². The van der Waals surface area contributed by atoms with Gasteiger partial charge in [0, 0.05) is 32.9 Å². The van der Waals surface area contributed by atoms with Gasteiger partial charge in [-0.2, -0.15) is 0 Å². The summed E-state index contributed by atoms with van der Waals surface area (Å²) in [4.78, 5) is 6.78. The Morgan fingerprint density at radius 2 is 2.37 bits per heavy atom. The molecule has 1 fully saturated rings. The van der Waals surface area contributed by atoms with Crippen LogP contribution in [0.25, 0.3) is 0 Å². The molecule has 0 radical (unpaired) electrons. The molecule has 1 N–H and O–H groups in total. The Morgan fingerprint density at radius 3 is 3.11 bits per heavy atom. The van der Waals surface area contributed by atoms with Gasteiger partial charge in [-0.3, -0.25) is 4.90 Å². The number of anilines is 1. The molecule has 0 spiro atoms. The van der Waals surface area contributed by atoms with Gasteiger partial charge >= 0.3 is 0 Å². The zero-order chi connectivity index (χ0) is 13.7. The largest absolute Gasteiger partial charge is 0.377 e. The highest BCUT2D eigenvalue weighted by molar-refractivity contribution is 5.37. The predicted molar refractivity (Wildman–Crippen MR) is 78.3 cm³/mol. The maximum absolute atomic E-state index is 5.64. The Labute approximate surface area is 116 Å². The van der Waals surface area contributed by atoms with Crippen molar-refractivity contribution in [3.8, 4) is 0 Å². The van der Waals surface area contributed by atoms with Gasteiger partial charge in [0.2, 0.25) is 0 Å². The highest BCUT2D eigenvalue weighted by Gasteiger charge is 2.30. The fraction of sp³-hybridized carbons (Fsp3) is 0.667. The summed E-state index contributed by atoms with van der Waals surface area (Å²) in [6.07, 6.45) is 4.24. The minimum Gasteiger partial charge on any atom is -0.377 e. The van der Waals surface area contributed by atoms with Gasteiger partial charge in [-0.05, 0) is 50.9 Å². The van der Waals surface area contributed by atoms with Gasteiger partial charge in [-0.15, -0.1) is 0 Å². The standard InChI is InChI=1S/C15H25N3O/c1-4-16-14-10-13(6-8-17-14)11-18-9-5-7-15(2,12-18)19-3/h6,8,10H,4-5,7,9,11-12H2,1-3H3,(H,16,17). The van der Waals surface area contributed by atoms with Crippen LogP contribution < -0.4 is 5.32 Å². The lowest BCUT2D eigenvalue weighted by Gasteiger charge is -2.39. The molecule has 4 nitrogen and oxygen atoms in total. The fourth-order valence-electron chi connectivity index (χ4n) is 2.72. The molecule has 0 aliphatic carbocycles. The van der Waals surface area contributed by atoms with Crippen LogP contribution in [0.4, 0.5) is 5.82 Å². The molecule has 1 aromatic rings.